The van der Waals surface area contributed by atoms with Crippen LogP contribution in [0.1, 0.15) is 59.3 Å². The molecule has 0 aliphatic heterocycles. The van der Waals surface area contributed by atoms with Crippen LogP contribution in [0.15, 0.2) is 0 Å². The number of aliphatic carboxylic acids is 2. The summed E-state index contributed by atoms with van der Waals surface area (Å²) in [6.45, 7) is 4.55. The van der Waals surface area contributed by atoms with Gasteiger partial charge in [0.2, 0.25) is 35.4 Å². The number of primary amides is 1. The summed E-state index contributed by atoms with van der Waals surface area (Å²) in [6, 6.07) is -8.10. The summed E-state index contributed by atoms with van der Waals surface area (Å²) in [5.41, 5.74) is 11.0. The fourth-order valence-corrected chi connectivity index (χ4v) is 4.80. The number of carboxylic acids is 2. The normalized spacial score (nSPS) is 16.0. The van der Waals surface area contributed by atoms with E-state index >= 15 is 0 Å². The number of nitrogens with one attached hydrogen (secondary N) is 5. The number of rotatable bonds is 24. The lowest BCUT2D eigenvalue weighted by Gasteiger charge is -2.29. The molecule has 0 radical (unpaired) electrons. The zero-order valence-electron chi connectivity index (χ0n) is 27.4. The molecule has 0 aromatic rings. The van der Waals surface area contributed by atoms with Crippen LogP contribution in [-0.2, 0) is 38.4 Å². The van der Waals surface area contributed by atoms with E-state index < -0.39 is 102 Å². The predicted octanol–water partition coefficient (Wildman–Crippen LogP) is -2.94. The molecule has 0 saturated carbocycles. The smallest absolute Gasteiger partial charge is 0.328 e. The number of carbonyl (C=O) groups excluding carboxylic acids is 6. The van der Waals surface area contributed by atoms with Crippen LogP contribution in [-0.4, -0.2) is 123 Å². The van der Waals surface area contributed by atoms with Crippen molar-refractivity contribution in [3.63, 3.8) is 0 Å². The molecule has 0 fully saturated rings. The molecule has 0 rings (SSSR count). The average Bonchev–Trinajstić information content (AvgIpc) is 3.02. The lowest BCUT2D eigenvalue weighted by Crippen LogP contribution is -2.61. The Morgan fingerprint density at radius 2 is 1.23 bits per heavy atom. The van der Waals surface area contributed by atoms with Crippen molar-refractivity contribution in [3.05, 3.63) is 0 Å². The number of nitrogens with two attached hydrogens (primary N) is 2. The molecule has 0 unspecified atom stereocenters. The Bertz CT molecular complexity index is 1150. The van der Waals surface area contributed by atoms with Gasteiger partial charge in [-0.25, -0.2) is 4.79 Å². The van der Waals surface area contributed by atoms with Crippen molar-refractivity contribution in [2.75, 3.05) is 17.8 Å². The maximum absolute atomic E-state index is 13.4. The van der Waals surface area contributed by atoms with Crippen molar-refractivity contribution >= 4 is 71.8 Å². The highest BCUT2D eigenvalue weighted by molar-refractivity contribution is 7.98. The van der Waals surface area contributed by atoms with Gasteiger partial charge in [-0.1, -0.05) is 20.3 Å². The molecule has 0 bridgehead atoms. The number of carboxylic acid groups (broad SMARTS) is 2. The number of carbonyl (C=O) groups is 8. The second kappa shape index (κ2) is 22.9. The van der Waals surface area contributed by atoms with Gasteiger partial charge in [0.15, 0.2) is 6.04 Å². The number of amides is 6. The Kier molecular flexibility index (Phi) is 21.1. The van der Waals surface area contributed by atoms with Crippen LogP contribution in [0, 0.1) is 5.92 Å². The molecular formula is C28H49N7O11S2. The van der Waals surface area contributed by atoms with Crippen molar-refractivity contribution in [2.24, 2.45) is 17.4 Å². The molecule has 0 aromatic carbocycles. The summed E-state index contributed by atoms with van der Waals surface area (Å²) >= 11 is 5.50. The van der Waals surface area contributed by atoms with Gasteiger partial charge in [-0.05, 0) is 44.1 Å². The van der Waals surface area contributed by atoms with E-state index in [1.165, 1.54) is 18.7 Å². The van der Waals surface area contributed by atoms with Gasteiger partial charge in [0.05, 0.1) is 12.1 Å². The van der Waals surface area contributed by atoms with Crippen LogP contribution in [0.4, 0.5) is 0 Å². The first-order valence-corrected chi connectivity index (χ1v) is 17.2. The van der Waals surface area contributed by atoms with Gasteiger partial charge in [-0.2, -0.15) is 24.4 Å². The predicted molar refractivity (Wildman–Crippen MR) is 179 cm³/mol. The van der Waals surface area contributed by atoms with Gasteiger partial charge in [-0.15, -0.1) is 0 Å². The molecule has 8 atom stereocenters. The van der Waals surface area contributed by atoms with Crippen molar-refractivity contribution in [2.45, 2.75) is 102 Å². The van der Waals surface area contributed by atoms with Crippen LogP contribution >= 0.6 is 24.4 Å². The fraction of sp³-hybridized carbons (Fsp3) is 0.714. The minimum atomic E-state index is -1.64. The summed E-state index contributed by atoms with van der Waals surface area (Å²) in [6.07, 6.45) is -0.424. The highest BCUT2D eigenvalue weighted by atomic mass is 32.2. The Morgan fingerprint density at radius 3 is 1.69 bits per heavy atom. The molecule has 0 spiro atoms. The van der Waals surface area contributed by atoms with Gasteiger partial charge >= 0.3 is 11.9 Å². The molecule has 0 aliphatic carbocycles. The summed E-state index contributed by atoms with van der Waals surface area (Å²) < 4.78 is 0. The van der Waals surface area contributed by atoms with Crippen molar-refractivity contribution < 1.29 is 53.7 Å². The number of thioether (sulfide) groups is 1. The quantitative estimate of drug-likeness (QED) is 0.0445. The SMILES string of the molecule is CC[C@H](C)[C@H](NC(=O)[C@H](CS)NC(=O)[C@H](CCSC)NC(=O)[C@H](CCC(N)=O)NC(=O)[C@@H](N)CCC(=O)O)C(=O)N[C@H](C(=O)O)[C@@H](C)O. The molecule has 0 aliphatic rings. The molecule has 20 heteroatoms. The molecule has 0 aromatic heterocycles. The Hall–Kier alpha value is -3.62. The molecule has 12 N–H and O–H groups in total. The van der Waals surface area contributed by atoms with Gasteiger partial charge in [0.1, 0.15) is 24.2 Å². The third kappa shape index (κ3) is 16.5. The Balaban J connectivity index is 5.93. The number of hydrogen-bond acceptors (Lipinski definition) is 12. The monoisotopic (exact) mass is 723 g/mol. The molecule has 6 amide bonds. The zero-order chi connectivity index (χ0) is 37.1. The number of hydrogen-bond donors (Lipinski definition) is 11. The molecular weight excluding hydrogens is 674 g/mol. The van der Waals surface area contributed by atoms with Crippen LogP contribution in [0.3, 0.4) is 0 Å². The minimum Gasteiger partial charge on any atom is -0.481 e. The van der Waals surface area contributed by atoms with E-state index in [1.807, 2.05) is 0 Å². The Labute approximate surface area is 288 Å². The number of thiol groups is 1. The molecule has 274 valence electrons. The van der Waals surface area contributed by atoms with Crippen molar-refractivity contribution in [3.8, 4) is 0 Å². The molecule has 0 heterocycles. The highest BCUT2D eigenvalue weighted by Crippen LogP contribution is 2.11. The largest absolute Gasteiger partial charge is 0.481 e. The first-order chi connectivity index (χ1) is 22.4. The van der Waals surface area contributed by atoms with Crippen LogP contribution in [0.2, 0.25) is 0 Å². The summed E-state index contributed by atoms with van der Waals surface area (Å²) in [5.74, 6) is -8.05. The fourth-order valence-electron chi connectivity index (χ4n) is 4.07. The second-order valence-corrected chi connectivity index (χ2v) is 12.5. The van der Waals surface area contributed by atoms with E-state index in [2.05, 4.69) is 39.2 Å². The van der Waals surface area contributed by atoms with E-state index in [-0.39, 0.29) is 31.4 Å². The Morgan fingerprint density at radius 1 is 0.729 bits per heavy atom. The van der Waals surface area contributed by atoms with E-state index in [1.54, 1.807) is 20.1 Å². The third-order valence-electron chi connectivity index (χ3n) is 7.22. The van der Waals surface area contributed by atoms with Crippen LogP contribution < -0.4 is 38.1 Å². The lowest BCUT2D eigenvalue weighted by atomic mass is 9.97. The number of aliphatic hydroxyl groups is 1. The van der Waals surface area contributed by atoms with Gasteiger partial charge in [-0.3, -0.25) is 33.6 Å². The molecule has 0 saturated heterocycles. The molecule has 18 nitrogen and oxygen atoms in total. The van der Waals surface area contributed by atoms with Gasteiger partial charge < -0.3 is 53.4 Å². The van der Waals surface area contributed by atoms with E-state index in [0.29, 0.717) is 12.2 Å². The van der Waals surface area contributed by atoms with Crippen molar-refractivity contribution in [1.29, 1.82) is 0 Å². The summed E-state index contributed by atoms with van der Waals surface area (Å²) in [5, 5.41) is 40.0. The third-order valence-corrected chi connectivity index (χ3v) is 8.23. The van der Waals surface area contributed by atoms with Crippen LogP contribution in [0.25, 0.3) is 0 Å². The lowest BCUT2D eigenvalue weighted by molar-refractivity contribution is -0.145. The summed E-state index contributed by atoms with van der Waals surface area (Å²) in [7, 11) is 0. The van der Waals surface area contributed by atoms with E-state index in [0.717, 1.165) is 0 Å². The van der Waals surface area contributed by atoms with E-state index in [4.69, 9.17) is 16.6 Å². The van der Waals surface area contributed by atoms with E-state index in [9.17, 15) is 48.6 Å². The number of aliphatic hydroxyl groups excluding tert-OH is 1. The summed E-state index contributed by atoms with van der Waals surface area (Å²) in [4.78, 5) is 99.1. The van der Waals surface area contributed by atoms with Gasteiger partial charge in [0.25, 0.3) is 0 Å². The first kappa shape index (κ1) is 44.4. The highest BCUT2D eigenvalue weighted by Gasteiger charge is 2.35. The second-order valence-electron chi connectivity index (χ2n) is 11.1. The van der Waals surface area contributed by atoms with Gasteiger partial charge in [0, 0.05) is 18.6 Å². The van der Waals surface area contributed by atoms with Crippen molar-refractivity contribution in [1.82, 2.24) is 26.6 Å². The molecule has 48 heavy (non-hydrogen) atoms. The standard InChI is InChI=1S/C28H49N7O11S2/c1-5-13(2)21(27(44)35-22(14(3)36)28(45)46)34-26(43)18(12-47)33-25(42)17(10-11-48-4)32-24(41)16(7-8-19(30)37)31-23(40)15(29)6-9-20(38)39/h13-18,21-22,36,47H,5-12,29H2,1-4H3,(H2,30,37)(H,31,40)(H,32,41)(H,33,42)(H,34,43)(H,35,44)(H,38,39)(H,45,46)/t13-,14+,15-,16-,17-,18-,21-,22-/m0/s1. The topological polar surface area (TPSA) is 309 Å². The maximum atomic E-state index is 13.4. The maximum Gasteiger partial charge on any atom is 0.328 e. The first-order valence-electron chi connectivity index (χ1n) is 15.2. The van der Waals surface area contributed by atoms with Crippen LogP contribution in [0.5, 0.6) is 0 Å². The zero-order valence-corrected chi connectivity index (χ0v) is 29.1. The minimum absolute atomic E-state index is 0.0715. The average molecular weight is 724 g/mol.